The van der Waals surface area contributed by atoms with Gasteiger partial charge < -0.3 is 14.2 Å². The fourth-order valence-corrected chi connectivity index (χ4v) is 8.45. The summed E-state index contributed by atoms with van der Waals surface area (Å²) in [5.41, 5.74) is 5.89. The lowest BCUT2D eigenvalue weighted by Crippen LogP contribution is -2.49. The van der Waals surface area contributed by atoms with Crippen molar-refractivity contribution in [3.8, 4) is 17.0 Å². The van der Waals surface area contributed by atoms with Gasteiger partial charge in [-0.05, 0) is 79.3 Å². The number of methoxy groups -OCH3 is 1. The summed E-state index contributed by atoms with van der Waals surface area (Å²) >= 11 is 0. The van der Waals surface area contributed by atoms with Crippen LogP contribution in [0.4, 0.5) is 0 Å². The first-order chi connectivity index (χ1) is 21.1. The monoisotopic (exact) mass is 617 g/mol. The normalized spacial score (nSPS) is 22.0. The fourth-order valence-electron chi connectivity index (χ4n) is 8.07. The van der Waals surface area contributed by atoms with E-state index >= 15 is 0 Å². The summed E-state index contributed by atoms with van der Waals surface area (Å²) in [4.78, 5) is 31.8. The average molecular weight is 618 g/mol. The highest BCUT2D eigenvalue weighted by Gasteiger charge is 2.45. The highest BCUT2D eigenvalue weighted by molar-refractivity contribution is 7.87. The lowest BCUT2D eigenvalue weighted by Gasteiger charge is -2.34. The maximum atomic E-state index is 14.3. The Morgan fingerprint density at radius 1 is 1.05 bits per heavy atom. The SMILES string of the molecule is CCN1CC2CC1CN2C(=O)C1=Cc2cc(OC)ccc2-c2c(C3CCCCC3)c3ccc(C(=O)NS(N)(=O)=O)cc3n2C1. The third kappa shape index (κ3) is 5.00. The third-order valence-electron chi connectivity index (χ3n) is 10.1. The Morgan fingerprint density at radius 3 is 2.52 bits per heavy atom. The zero-order valence-electron chi connectivity index (χ0n) is 25.2. The largest absolute Gasteiger partial charge is 0.497 e. The number of nitrogens with zero attached hydrogens (tertiary/aromatic N) is 3. The van der Waals surface area contributed by atoms with Crippen LogP contribution in [0.1, 0.15) is 72.9 Å². The number of rotatable bonds is 6. The topological polar surface area (TPSA) is 127 Å². The van der Waals surface area contributed by atoms with Gasteiger partial charge in [-0.2, -0.15) is 8.42 Å². The number of likely N-dealkylation sites (tertiary alicyclic amines) is 2. The highest BCUT2D eigenvalue weighted by atomic mass is 32.2. The van der Waals surface area contributed by atoms with Crippen LogP contribution in [0, 0.1) is 0 Å². The molecule has 10 nitrogen and oxygen atoms in total. The Morgan fingerprint density at radius 2 is 1.84 bits per heavy atom. The molecule has 2 amide bonds. The van der Waals surface area contributed by atoms with Gasteiger partial charge in [0.15, 0.2) is 0 Å². The fraction of sp³-hybridized carbons (Fsp3) is 0.455. The van der Waals surface area contributed by atoms with Gasteiger partial charge in [0.25, 0.3) is 22.0 Å². The number of nitrogens with two attached hydrogens (primary N) is 1. The smallest absolute Gasteiger partial charge is 0.298 e. The third-order valence-corrected chi connectivity index (χ3v) is 10.6. The van der Waals surface area contributed by atoms with Crippen molar-refractivity contribution in [2.75, 3.05) is 26.7 Å². The van der Waals surface area contributed by atoms with Crippen LogP contribution in [-0.4, -0.2) is 73.4 Å². The molecule has 4 heterocycles. The van der Waals surface area contributed by atoms with E-state index < -0.39 is 16.1 Å². The van der Waals surface area contributed by atoms with Crippen LogP contribution in [0.2, 0.25) is 0 Å². The van der Waals surface area contributed by atoms with Crippen LogP contribution in [0.25, 0.3) is 28.2 Å². The number of amides is 2. The van der Waals surface area contributed by atoms with Crippen molar-refractivity contribution in [1.29, 1.82) is 0 Å². The summed E-state index contributed by atoms with van der Waals surface area (Å²) < 4.78 is 33.0. The van der Waals surface area contributed by atoms with Crippen molar-refractivity contribution in [3.63, 3.8) is 0 Å². The summed E-state index contributed by atoms with van der Waals surface area (Å²) in [5, 5.41) is 6.14. The van der Waals surface area contributed by atoms with E-state index in [0.29, 0.717) is 24.1 Å². The molecule has 44 heavy (non-hydrogen) atoms. The number of hydrogen-bond acceptors (Lipinski definition) is 6. The maximum Gasteiger partial charge on any atom is 0.298 e. The number of carbonyl (C=O) groups excluding carboxylic acids is 2. The van der Waals surface area contributed by atoms with E-state index in [1.807, 2.05) is 33.9 Å². The van der Waals surface area contributed by atoms with Crippen LogP contribution < -0.4 is 14.6 Å². The molecule has 0 spiro atoms. The molecular weight excluding hydrogens is 578 g/mol. The van der Waals surface area contributed by atoms with Crippen LogP contribution in [0.15, 0.2) is 42.0 Å². The predicted octanol–water partition coefficient (Wildman–Crippen LogP) is 4.00. The molecule has 3 aliphatic heterocycles. The number of aromatic nitrogens is 1. The van der Waals surface area contributed by atoms with Crippen LogP contribution in [0.5, 0.6) is 5.75 Å². The van der Waals surface area contributed by atoms with Crippen molar-refractivity contribution < 1.29 is 22.7 Å². The van der Waals surface area contributed by atoms with Crippen LogP contribution >= 0.6 is 0 Å². The van der Waals surface area contributed by atoms with Gasteiger partial charge in [-0.25, -0.2) is 9.86 Å². The van der Waals surface area contributed by atoms with Gasteiger partial charge in [0.2, 0.25) is 0 Å². The summed E-state index contributed by atoms with van der Waals surface area (Å²) in [6, 6.07) is 11.9. The van der Waals surface area contributed by atoms with E-state index in [-0.39, 0.29) is 17.5 Å². The van der Waals surface area contributed by atoms with Crippen molar-refractivity contribution in [2.24, 2.45) is 5.14 Å². The van der Waals surface area contributed by atoms with E-state index in [1.165, 1.54) is 12.0 Å². The second-order valence-corrected chi connectivity index (χ2v) is 13.9. The Hall–Kier alpha value is -3.67. The molecule has 3 fully saturated rings. The molecule has 4 aliphatic rings. The Labute approximate surface area is 258 Å². The number of nitrogens with one attached hydrogen (secondary N) is 1. The van der Waals surface area contributed by atoms with Crippen LogP contribution in [0.3, 0.4) is 0 Å². The first kappa shape index (κ1) is 29.1. The zero-order valence-corrected chi connectivity index (χ0v) is 26.0. The Bertz CT molecular complexity index is 1810. The zero-order chi connectivity index (χ0) is 30.7. The number of benzene rings is 2. The quantitative estimate of drug-likeness (QED) is 0.431. The molecule has 2 unspecified atom stereocenters. The molecule has 2 bridgehead atoms. The molecular formula is C33H39N5O5S. The summed E-state index contributed by atoms with van der Waals surface area (Å²) in [6.07, 6.45) is 8.66. The molecule has 11 heteroatoms. The second-order valence-electron chi connectivity index (χ2n) is 12.6. The van der Waals surface area contributed by atoms with Crippen molar-refractivity contribution in [2.45, 2.75) is 70.0 Å². The lowest BCUT2D eigenvalue weighted by atomic mass is 9.81. The molecule has 2 saturated heterocycles. The molecule has 0 radical (unpaired) electrons. The number of ether oxygens (including phenoxy) is 1. The summed E-state index contributed by atoms with van der Waals surface area (Å²) in [7, 11) is -2.58. The van der Waals surface area contributed by atoms with Gasteiger partial charge >= 0.3 is 0 Å². The maximum absolute atomic E-state index is 14.3. The van der Waals surface area contributed by atoms with E-state index in [2.05, 4.69) is 22.5 Å². The summed E-state index contributed by atoms with van der Waals surface area (Å²) in [6.45, 7) is 5.12. The summed E-state index contributed by atoms with van der Waals surface area (Å²) in [5.74, 6) is 0.298. The van der Waals surface area contributed by atoms with Crippen molar-refractivity contribution in [1.82, 2.24) is 19.1 Å². The van der Waals surface area contributed by atoms with Gasteiger partial charge in [-0.3, -0.25) is 14.5 Å². The minimum Gasteiger partial charge on any atom is -0.497 e. The average Bonchev–Trinajstić information content (AvgIpc) is 3.68. The lowest BCUT2D eigenvalue weighted by molar-refractivity contribution is -0.129. The van der Waals surface area contributed by atoms with Crippen molar-refractivity contribution in [3.05, 3.63) is 58.7 Å². The first-order valence-electron chi connectivity index (χ1n) is 15.6. The molecule has 1 aromatic heterocycles. The minimum absolute atomic E-state index is 0.0408. The molecule has 3 N–H and O–H groups in total. The molecule has 2 aromatic carbocycles. The van der Waals surface area contributed by atoms with Gasteiger partial charge in [-0.15, -0.1) is 0 Å². The molecule has 7 rings (SSSR count). The Balaban J connectivity index is 1.41. The van der Waals surface area contributed by atoms with E-state index in [9.17, 15) is 18.0 Å². The number of fused-ring (bicyclic) bond motifs is 7. The van der Waals surface area contributed by atoms with Gasteiger partial charge in [0.05, 0.1) is 19.3 Å². The van der Waals surface area contributed by atoms with Gasteiger partial charge in [0, 0.05) is 52.8 Å². The molecule has 3 aromatic rings. The van der Waals surface area contributed by atoms with Crippen molar-refractivity contribution >= 4 is 39.0 Å². The second kappa shape index (κ2) is 11.0. The Kier molecular flexibility index (Phi) is 7.30. The molecule has 1 saturated carbocycles. The molecule has 232 valence electrons. The number of carbonyl (C=O) groups is 2. The minimum atomic E-state index is -4.23. The molecule has 2 atom stereocenters. The standard InChI is InChI=1S/C33H39N5O5S/c1-3-36-18-25-16-24(36)19-37(25)33(40)23-13-22-14-26(43-2)10-12-27(22)31-30(20-7-5-4-6-8-20)28-11-9-21(15-29(28)38(31)17-23)32(39)35-44(34,41)42/h9-15,20,24-25H,3-8,16-19H2,1-2H3,(H,35,39)(H2,34,41,42). The number of piperazine rings is 1. The number of hydrogen-bond donors (Lipinski definition) is 2. The van der Waals surface area contributed by atoms with Gasteiger partial charge in [0.1, 0.15) is 5.75 Å². The van der Waals surface area contributed by atoms with E-state index in [1.54, 1.807) is 19.2 Å². The first-order valence-corrected chi connectivity index (χ1v) is 17.1. The predicted molar refractivity (Wildman–Crippen MR) is 169 cm³/mol. The van der Waals surface area contributed by atoms with Crippen LogP contribution in [-0.2, 0) is 21.5 Å². The van der Waals surface area contributed by atoms with Gasteiger partial charge in [-0.1, -0.05) is 32.3 Å². The molecule has 1 aliphatic carbocycles. The van der Waals surface area contributed by atoms with E-state index in [0.717, 1.165) is 85.2 Å². The van der Waals surface area contributed by atoms with E-state index in [4.69, 9.17) is 9.88 Å². The number of likely N-dealkylation sites (N-methyl/N-ethyl adjacent to an activating group) is 1. The highest BCUT2D eigenvalue weighted by Crippen LogP contribution is 2.47.